The number of carbonyl (C=O) groups excluding carboxylic acids is 1. The summed E-state index contributed by atoms with van der Waals surface area (Å²) in [6, 6.07) is 2.05. The zero-order valence-corrected chi connectivity index (χ0v) is 10.4. The molecule has 1 unspecified atom stereocenters. The second-order valence-electron chi connectivity index (χ2n) is 6.36. The van der Waals surface area contributed by atoms with Crippen molar-refractivity contribution in [1.29, 1.82) is 0 Å². The molecule has 1 saturated carbocycles. The van der Waals surface area contributed by atoms with Crippen molar-refractivity contribution < 1.29 is 4.79 Å². The van der Waals surface area contributed by atoms with Gasteiger partial charge in [-0.2, -0.15) is 0 Å². The molecule has 4 aliphatic rings. The SMILES string of the molecule is O=CN1[C@@H]2CCC[C@H]1[C@@H]1C(N3CCCCC3)[C@@H]12. The maximum atomic E-state index is 11.2. The number of amides is 1. The molecule has 3 saturated heterocycles. The van der Waals surface area contributed by atoms with Gasteiger partial charge in [-0.1, -0.05) is 6.42 Å². The van der Waals surface area contributed by atoms with Crippen LogP contribution in [0.5, 0.6) is 0 Å². The Hall–Kier alpha value is -0.570. The first kappa shape index (κ1) is 10.4. The van der Waals surface area contributed by atoms with Gasteiger partial charge in [0.25, 0.3) is 0 Å². The highest BCUT2D eigenvalue weighted by molar-refractivity contribution is 5.52. The van der Waals surface area contributed by atoms with E-state index in [4.69, 9.17) is 0 Å². The molecule has 2 bridgehead atoms. The van der Waals surface area contributed by atoms with E-state index in [0.29, 0.717) is 12.1 Å². The van der Waals surface area contributed by atoms with Gasteiger partial charge in [0.1, 0.15) is 0 Å². The lowest BCUT2D eigenvalue weighted by Crippen LogP contribution is -2.48. The molecule has 0 N–H and O–H groups in total. The van der Waals surface area contributed by atoms with E-state index < -0.39 is 0 Å². The molecule has 0 aromatic carbocycles. The van der Waals surface area contributed by atoms with Gasteiger partial charge in [0.05, 0.1) is 0 Å². The van der Waals surface area contributed by atoms with Gasteiger partial charge < -0.3 is 4.90 Å². The molecule has 4 fully saturated rings. The molecule has 3 aliphatic heterocycles. The average Bonchev–Trinajstić information content (AvgIpc) is 3.09. The molecule has 3 heterocycles. The second kappa shape index (κ2) is 3.71. The number of likely N-dealkylation sites (tertiary alicyclic amines) is 1. The highest BCUT2D eigenvalue weighted by Crippen LogP contribution is 2.60. The number of hydrogen-bond acceptors (Lipinski definition) is 2. The van der Waals surface area contributed by atoms with Crippen molar-refractivity contribution in [3.63, 3.8) is 0 Å². The van der Waals surface area contributed by atoms with Crippen LogP contribution in [0.2, 0.25) is 0 Å². The summed E-state index contributed by atoms with van der Waals surface area (Å²) < 4.78 is 0. The van der Waals surface area contributed by atoms with Gasteiger partial charge in [0, 0.05) is 30.0 Å². The second-order valence-corrected chi connectivity index (χ2v) is 6.36. The van der Waals surface area contributed by atoms with Crippen LogP contribution in [0.1, 0.15) is 38.5 Å². The summed E-state index contributed by atoms with van der Waals surface area (Å²) in [5.74, 6) is 1.68. The number of carbonyl (C=O) groups is 1. The van der Waals surface area contributed by atoms with Gasteiger partial charge in [-0.05, 0) is 45.2 Å². The Morgan fingerprint density at radius 1 is 0.882 bits per heavy atom. The fourth-order valence-electron chi connectivity index (χ4n) is 5.03. The third kappa shape index (κ3) is 1.35. The molecule has 3 nitrogen and oxygen atoms in total. The maximum absolute atomic E-state index is 11.2. The molecule has 5 atom stereocenters. The smallest absolute Gasteiger partial charge is 0.210 e. The average molecular weight is 234 g/mol. The lowest BCUT2D eigenvalue weighted by molar-refractivity contribution is -0.123. The molecule has 94 valence electrons. The molecule has 0 radical (unpaired) electrons. The van der Waals surface area contributed by atoms with Crippen molar-refractivity contribution in [2.45, 2.75) is 56.7 Å². The quantitative estimate of drug-likeness (QED) is 0.676. The first-order chi connectivity index (χ1) is 8.42. The van der Waals surface area contributed by atoms with Crippen LogP contribution in [0.3, 0.4) is 0 Å². The van der Waals surface area contributed by atoms with Crippen LogP contribution < -0.4 is 0 Å². The molecule has 3 heteroatoms. The fraction of sp³-hybridized carbons (Fsp3) is 0.929. The number of hydrogen-bond donors (Lipinski definition) is 0. The summed E-state index contributed by atoms with van der Waals surface area (Å²) in [6.45, 7) is 2.64. The Kier molecular flexibility index (Phi) is 2.26. The van der Waals surface area contributed by atoms with E-state index in [0.717, 1.165) is 24.3 Å². The first-order valence-corrected chi connectivity index (χ1v) is 7.38. The van der Waals surface area contributed by atoms with Gasteiger partial charge in [0.2, 0.25) is 6.41 Å². The van der Waals surface area contributed by atoms with Crippen molar-refractivity contribution in [3.8, 4) is 0 Å². The van der Waals surface area contributed by atoms with Crippen molar-refractivity contribution in [2.75, 3.05) is 13.1 Å². The minimum atomic E-state index is 0.600. The third-order valence-electron chi connectivity index (χ3n) is 5.68. The highest BCUT2D eigenvalue weighted by atomic mass is 16.1. The maximum Gasteiger partial charge on any atom is 0.210 e. The lowest BCUT2D eigenvalue weighted by Gasteiger charge is -2.39. The molecule has 0 aromatic heterocycles. The van der Waals surface area contributed by atoms with Gasteiger partial charge in [0.15, 0.2) is 0 Å². The molecule has 4 rings (SSSR count). The van der Waals surface area contributed by atoms with Crippen LogP contribution in [-0.4, -0.2) is 47.4 Å². The molecule has 17 heavy (non-hydrogen) atoms. The normalized spacial score (nSPS) is 48.9. The van der Waals surface area contributed by atoms with E-state index in [1.165, 1.54) is 51.6 Å². The Labute approximate surface area is 103 Å². The molecular formula is C14H22N2O. The Morgan fingerprint density at radius 3 is 2.12 bits per heavy atom. The van der Waals surface area contributed by atoms with E-state index in [2.05, 4.69) is 9.80 Å². The van der Waals surface area contributed by atoms with Crippen LogP contribution >= 0.6 is 0 Å². The minimum absolute atomic E-state index is 0.600. The number of rotatable bonds is 2. The number of nitrogens with zero attached hydrogens (tertiary/aromatic N) is 2. The lowest BCUT2D eigenvalue weighted by atomic mass is 9.96. The molecule has 1 aliphatic carbocycles. The van der Waals surface area contributed by atoms with Gasteiger partial charge in [-0.15, -0.1) is 0 Å². The zero-order valence-electron chi connectivity index (χ0n) is 10.4. The van der Waals surface area contributed by atoms with Crippen LogP contribution in [0.25, 0.3) is 0 Å². The Morgan fingerprint density at radius 2 is 1.53 bits per heavy atom. The first-order valence-electron chi connectivity index (χ1n) is 7.38. The summed E-state index contributed by atoms with van der Waals surface area (Å²) in [6.07, 6.45) is 9.21. The Bertz CT molecular complexity index is 308. The van der Waals surface area contributed by atoms with Crippen molar-refractivity contribution >= 4 is 6.41 Å². The van der Waals surface area contributed by atoms with Crippen LogP contribution in [-0.2, 0) is 4.79 Å². The summed E-state index contributed by atoms with van der Waals surface area (Å²) in [5, 5.41) is 0. The van der Waals surface area contributed by atoms with Gasteiger partial charge in [-0.3, -0.25) is 9.69 Å². The topological polar surface area (TPSA) is 23.6 Å². The van der Waals surface area contributed by atoms with E-state index in [9.17, 15) is 4.79 Å². The molecule has 0 spiro atoms. The molecular weight excluding hydrogens is 212 g/mol. The minimum Gasteiger partial charge on any atom is -0.339 e. The predicted octanol–water partition coefficient (Wildman–Crippen LogP) is 1.48. The monoisotopic (exact) mass is 234 g/mol. The largest absolute Gasteiger partial charge is 0.339 e. The van der Waals surface area contributed by atoms with Crippen LogP contribution in [0.15, 0.2) is 0 Å². The number of fused-ring (bicyclic) bond motifs is 5. The summed E-state index contributed by atoms with van der Waals surface area (Å²) in [5.41, 5.74) is 0. The van der Waals surface area contributed by atoms with Crippen LogP contribution in [0.4, 0.5) is 0 Å². The van der Waals surface area contributed by atoms with E-state index in [-0.39, 0.29) is 0 Å². The summed E-state index contributed by atoms with van der Waals surface area (Å²) in [7, 11) is 0. The van der Waals surface area contributed by atoms with Crippen molar-refractivity contribution in [1.82, 2.24) is 9.80 Å². The Balaban J connectivity index is 1.52. The molecule has 0 aromatic rings. The third-order valence-corrected chi connectivity index (χ3v) is 5.68. The predicted molar refractivity (Wildman–Crippen MR) is 65.5 cm³/mol. The highest BCUT2D eigenvalue weighted by Gasteiger charge is 2.68. The van der Waals surface area contributed by atoms with E-state index >= 15 is 0 Å². The van der Waals surface area contributed by atoms with E-state index in [1.807, 2.05) is 0 Å². The van der Waals surface area contributed by atoms with E-state index in [1.54, 1.807) is 0 Å². The van der Waals surface area contributed by atoms with Gasteiger partial charge >= 0.3 is 0 Å². The fourth-order valence-corrected chi connectivity index (χ4v) is 5.03. The number of piperidine rings is 3. The van der Waals surface area contributed by atoms with Crippen LogP contribution in [0, 0.1) is 11.8 Å². The van der Waals surface area contributed by atoms with Crippen molar-refractivity contribution in [2.24, 2.45) is 11.8 Å². The summed E-state index contributed by atoms with van der Waals surface area (Å²) in [4.78, 5) is 16.1. The molecule has 1 amide bonds. The summed E-state index contributed by atoms with van der Waals surface area (Å²) >= 11 is 0. The van der Waals surface area contributed by atoms with Gasteiger partial charge in [-0.25, -0.2) is 0 Å². The zero-order chi connectivity index (χ0) is 11.4. The van der Waals surface area contributed by atoms with Crippen molar-refractivity contribution in [3.05, 3.63) is 0 Å². The standard InChI is InChI=1S/C14H22N2O/c17-9-16-10-5-4-6-11(16)13-12(10)14(13)15-7-2-1-3-8-15/h9-14H,1-8H2/t10-,11+,12-,13+,14?.